The van der Waals surface area contributed by atoms with Gasteiger partial charge >= 0.3 is 6.18 Å². The van der Waals surface area contributed by atoms with E-state index in [2.05, 4.69) is 25.9 Å². The molecule has 0 spiro atoms. The fourth-order valence-corrected chi connectivity index (χ4v) is 1.75. The van der Waals surface area contributed by atoms with Gasteiger partial charge in [-0.1, -0.05) is 0 Å². The summed E-state index contributed by atoms with van der Waals surface area (Å²) >= 11 is 0. The maximum atomic E-state index is 12.7. The van der Waals surface area contributed by atoms with E-state index in [1.807, 2.05) is 0 Å². The second kappa shape index (κ2) is 5.56. The molecule has 3 N–H and O–H groups in total. The summed E-state index contributed by atoms with van der Waals surface area (Å²) in [6.45, 7) is -0.272. The van der Waals surface area contributed by atoms with Crippen LogP contribution in [0.3, 0.4) is 0 Å². The molecule has 2 aromatic rings. The molecule has 2 heterocycles. The SMILES string of the molecule is CNc1cc(Nc2cnn(C)c2CO)nnc1C(F)(F)F. The zero-order chi connectivity index (χ0) is 15.6. The highest BCUT2D eigenvalue weighted by atomic mass is 19.4. The normalized spacial score (nSPS) is 11.5. The molecule has 0 bridgehead atoms. The highest BCUT2D eigenvalue weighted by molar-refractivity contribution is 5.63. The van der Waals surface area contributed by atoms with Crippen molar-refractivity contribution in [1.82, 2.24) is 20.0 Å². The lowest BCUT2D eigenvalue weighted by Crippen LogP contribution is -2.13. The van der Waals surface area contributed by atoms with Crippen molar-refractivity contribution in [2.75, 3.05) is 17.7 Å². The van der Waals surface area contributed by atoms with Crippen LogP contribution in [0.5, 0.6) is 0 Å². The maximum Gasteiger partial charge on any atom is 0.437 e. The molecule has 2 rings (SSSR count). The van der Waals surface area contributed by atoms with Crippen LogP contribution in [0.15, 0.2) is 12.3 Å². The molecule has 7 nitrogen and oxygen atoms in total. The molecule has 0 amide bonds. The molecule has 0 aliphatic heterocycles. The smallest absolute Gasteiger partial charge is 0.390 e. The highest BCUT2D eigenvalue weighted by Crippen LogP contribution is 2.33. The van der Waals surface area contributed by atoms with Crippen molar-refractivity contribution in [2.24, 2.45) is 7.05 Å². The van der Waals surface area contributed by atoms with Crippen molar-refractivity contribution < 1.29 is 18.3 Å². The molecule has 0 unspecified atom stereocenters. The van der Waals surface area contributed by atoms with Crippen molar-refractivity contribution in [1.29, 1.82) is 0 Å². The third kappa shape index (κ3) is 3.05. The van der Waals surface area contributed by atoms with Crippen LogP contribution in [0.25, 0.3) is 0 Å². The van der Waals surface area contributed by atoms with Crippen LogP contribution in [-0.4, -0.2) is 32.1 Å². The summed E-state index contributed by atoms with van der Waals surface area (Å²) in [6, 6.07) is 1.18. The molecule has 0 atom stereocenters. The first kappa shape index (κ1) is 15.0. The molecule has 2 aromatic heterocycles. The minimum Gasteiger partial charge on any atom is -0.390 e. The lowest BCUT2D eigenvalue weighted by atomic mass is 10.3. The van der Waals surface area contributed by atoms with Crippen LogP contribution in [0.4, 0.5) is 30.4 Å². The van der Waals surface area contributed by atoms with Crippen molar-refractivity contribution >= 4 is 17.2 Å². The van der Waals surface area contributed by atoms with Crippen LogP contribution in [-0.2, 0) is 19.8 Å². The predicted octanol–water partition coefficient (Wildman–Crippen LogP) is 1.51. The van der Waals surface area contributed by atoms with Gasteiger partial charge in [-0.3, -0.25) is 4.68 Å². The molecule has 0 radical (unpaired) electrons. The van der Waals surface area contributed by atoms with E-state index in [1.54, 1.807) is 7.05 Å². The van der Waals surface area contributed by atoms with Crippen molar-refractivity contribution in [2.45, 2.75) is 12.8 Å². The second-order valence-corrected chi connectivity index (χ2v) is 4.15. The number of hydrogen-bond acceptors (Lipinski definition) is 6. The third-order valence-corrected chi connectivity index (χ3v) is 2.81. The van der Waals surface area contributed by atoms with E-state index in [-0.39, 0.29) is 18.1 Å². The van der Waals surface area contributed by atoms with Gasteiger partial charge < -0.3 is 15.7 Å². The molecule has 0 aliphatic rings. The minimum atomic E-state index is -4.59. The number of aromatic nitrogens is 4. The number of halogens is 3. The lowest BCUT2D eigenvalue weighted by Gasteiger charge is -2.12. The summed E-state index contributed by atoms with van der Waals surface area (Å²) in [5.74, 6) is 0.107. The Labute approximate surface area is 117 Å². The molecular weight excluding hydrogens is 289 g/mol. The van der Waals surface area contributed by atoms with E-state index < -0.39 is 11.9 Å². The van der Waals surface area contributed by atoms with Gasteiger partial charge in [0.1, 0.15) is 0 Å². The quantitative estimate of drug-likeness (QED) is 0.793. The Morgan fingerprint density at radius 2 is 2.00 bits per heavy atom. The van der Waals surface area contributed by atoms with Gasteiger partial charge in [0.2, 0.25) is 0 Å². The van der Waals surface area contributed by atoms with E-state index in [0.717, 1.165) is 0 Å². The van der Waals surface area contributed by atoms with E-state index >= 15 is 0 Å². The largest absolute Gasteiger partial charge is 0.437 e. The number of hydrogen-bond donors (Lipinski definition) is 3. The number of aliphatic hydroxyl groups is 1. The minimum absolute atomic E-state index is 0.107. The first-order chi connectivity index (χ1) is 9.86. The molecule has 114 valence electrons. The van der Waals surface area contributed by atoms with Crippen LogP contribution in [0, 0.1) is 0 Å². The summed E-state index contributed by atoms with van der Waals surface area (Å²) in [7, 11) is 2.99. The van der Waals surface area contributed by atoms with Gasteiger partial charge in [0, 0.05) is 20.2 Å². The van der Waals surface area contributed by atoms with E-state index in [0.29, 0.717) is 11.4 Å². The number of rotatable bonds is 4. The van der Waals surface area contributed by atoms with Gasteiger partial charge in [0.05, 0.1) is 29.9 Å². The summed E-state index contributed by atoms with van der Waals surface area (Å²) in [4.78, 5) is 0. The molecule has 10 heteroatoms. The summed E-state index contributed by atoms with van der Waals surface area (Å²) in [6.07, 6.45) is -3.15. The molecule has 0 fully saturated rings. The predicted molar refractivity (Wildman–Crippen MR) is 69.0 cm³/mol. The van der Waals surface area contributed by atoms with Crippen LogP contribution in [0.2, 0.25) is 0 Å². The van der Waals surface area contributed by atoms with Crippen molar-refractivity contribution in [3.63, 3.8) is 0 Å². The number of aryl methyl sites for hydroxylation is 1. The fourth-order valence-electron chi connectivity index (χ4n) is 1.75. The van der Waals surface area contributed by atoms with Crippen LogP contribution < -0.4 is 10.6 Å². The van der Waals surface area contributed by atoms with Crippen molar-refractivity contribution in [3.8, 4) is 0 Å². The third-order valence-electron chi connectivity index (χ3n) is 2.81. The van der Waals surface area contributed by atoms with Gasteiger partial charge in [-0.2, -0.15) is 18.3 Å². The molecular formula is C11H13F3N6O. The second-order valence-electron chi connectivity index (χ2n) is 4.15. The Balaban J connectivity index is 2.33. The maximum absolute atomic E-state index is 12.7. The Bertz CT molecular complexity index is 639. The zero-order valence-electron chi connectivity index (χ0n) is 11.2. The number of nitrogens with zero attached hydrogens (tertiary/aromatic N) is 4. The summed E-state index contributed by atoms with van der Waals surface area (Å²) in [5, 5.41) is 25.0. The molecule has 0 saturated carbocycles. The number of alkyl halides is 3. The number of anilines is 3. The first-order valence-electron chi connectivity index (χ1n) is 5.88. The fraction of sp³-hybridized carbons (Fsp3) is 0.364. The molecule has 0 saturated heterocycles. The zero-order valence-corrected chi connectivity index (χ0v) is 11.2. The molecule has 21 heavy (non-hydrogen) atoms. The average molecular weight is 302 g/mol. The lowest BCUT2D eigenvalue weighted by molar-refractivity contribution is -0.141. The number of nitrogens with one attached hydrogen (secondary N) is 2. The number of aliphatic hydroxyl groups excluding tert-OH is 1. The standard InChI is InChI=1S/C11H13F3N6O/c1-15-6-3-9(18-19-10(6)11(12,13)14)17-7-4-16-20(2)8(7)5-21/h3-4,21H,5H2,1-2H3,(H2,15,17,18). The van der Waals surface area contributed by atoms with E-state index in [9.17, 15) is 18.3 Å². The Hall–Kier alpha value is -2.36. The Morgan fingerprint density at radius 3 is 2.57 bits per heavy atom. The van der Waals surface area contributed by atoms with Gasteiger partial charge in [0.15, 0.2) is 11.5 Å². The highest BCUT2D eigenvalue weighted by Gasteiger charge is 2.36. The van der Waals surface area contributed by atoms with E-state index in [4.69, 9.17) is 0 Å². The van der Waals surface area contributed by atoms with Gasteiger partial charge in [-0.25, -0.2) is 0 Å². The summed E-state index contributed by atoms with van der Waals surface area (Å²) < 4.78 is 39.6. The van der Waals surface area contributed by atoms with Crippen LogP contribution in [0.1, 0.15) is 11.4 Å². The molecule has 0 aliphatic carbocycles. The Kier molecular flexibility index (Phi) is 3.98. The van der Waals surface area contributed by atoms with Gasteiger partial charge in [-0.15, -0.1) is 10.2 Å². The van der Waals surface area contributed by atoms with Crippen molar-refractivity contribution in [3.05, 3.63) is 23.7 Å². The molecule has 0 aromatic carbocycles. The van der Waals surface area contributed by atoms with Crippen LogP contribution >= 0.6 is 0 Å². The monoisotopic (exact) mass is 302 g/mol. The Morgan fingerprint density at radius 1 is 1.29 bits per heavy atom. The first-order valence-corrected chi connectivity index (χ1v) is 5.88. The summed E-state index contributed by atoms with van der Waals surface area (Å²) in [5.41, 5.74) is -0.377. The van der Waals surface area contributed by atoms with Gasteiger partial charge in [-0.05, 0) is 0 Å². The average Bonchev–Trinajstić information content (AvgIpc) is 2.77. The topological polar surface area (TPSA) is 87.9 Å². The van der Waals surface area contributed by atoms with Gasteiger partial charge in [0.25, 0.3) is 0 Å². The van der Waals surface area contributed by atoms with E-state index in [1.165, 1.54) is 24.0 Å².